The molecule has 24 heavy (non-hydrogen) atoms. The molecule has 0 aliphatic heterocycles. The van der Waals surface area contributed by atoms with Gasteiger partial charge in [-0.1, -0.05) is 0 Å². The first kappa shape index (κ1) is 20.0. The van der Waals surface area contributed by atoms with Crippen LogP contribution in [-0.2, 0) is 10.0 Å². The van der Waals surface area contributed by atoms with Gasteiger partial charge >= 0.3 is 29.6 Å². The molecule has 8 nitrogen and oxygen atoms in total. The Kier molecular flexibility index (Phi) is 8.27. The van der Waals surface area contributed by atoms with E-state index in [-0.39, 0.29) is 40.4 Å². The molecule has 120 valence electrons. The number of aromatic nitrogens is 4. The summed E-state index contributed by atoms with van der Waals surface area (Å²) in [6, 6.07) is 9.24. The van der Waals surface area contributed by atoms with Gasteiger partial charge < -0.3 is 5.73 Å². The Morgan fingerprint density at radius 1 is 0.875 bits per heavy atom. The van der Waals surface area contributed by atoms with Gasteiger partial charge in [-0.15, -0.1) is 0 Å². The van der Waals surface area contributed by atoms with Crippen molar-refractivity contribution >= 4 is 51.2 Å². The zero-order chi connectivity index (χ0) is 16.5. The fraction of sp³-hybridized carbons (Fsp3) is 0. The summed E-state index contributed by atoms with van der Waals surface area (Å²) >= 11 is 0. The van der Waals surface area contributed by atoms with E-state index in [1.165, 1.54) is 43.0 Å². The standard InChI is InChI=1S/C10H10N4O2S.C4H4N2.Na.H/c11-8-2-4-9(5-3-8)17(15,16)14-10-12-6-1-7-13-10;1-2-5-4-6-3-1;;/h1-7H,11H2,(H,12,13,14);1-4H;;. The molecule has 0 atom stereocenters. The molecule has 0 spiro atoms. The first-order valence-corrected chi connectivity index (χ1v) is 7.91. The molecule has 0 amide bonds. The van der Waals surface area contributed by atoms with Gasteiger partial charge in [-0.25, -0.2) is 33.1 Å². The van der Waals surface area contributed by atoms with Gasteiger partial charge in [0.05, 0.1) is 4.90 Å². The van der Waals surface area contributed by atoms with Gasteiger partial charge in [0.25, 0.3) is 10.0 Å². The van der Waals surface area contributed by atoms with E-state index in [4.69, 9.17) is 5.73 Å². The van der Waals surface area contributed by atoms with Gasteiger partial charge in [-0.2, -0.15) is 0 Å². The average Bonchev–Trinajstić information content (AvgIpc) is 2.58. The number of sulfonamides is 1. The molecule has 0 fully saturated rings. The molecule has 3 aromatic rings. The van der Waals surface area contributed by atoms with Gasteiger partial charge in [0, 0.05) is 30.5 Å². The fourth-order valence-corrected chi connectivity index (χ4v) is 2.39. The van der Waals surface area contributed by atoms with Crippen LogP contribution in [0.1, 0.15) is 0 Å². The molecule has 0 radical (unpaired) electrons. The van der Waals surface area contributed by atoms with Crippen molar-refractivity contribution in [2.24, 2.45) is 0 Å². The smallest absolute Gasteiger partial charge is 0.115 e. The van der Waals surface area contributed by atoms with Crippen LogP contribution in [0, 0.1) is 0 Å². The number of benzene rings is 1. The summed E-state index contributed by atoms with van der Waals surface area (Å²) in [5.41, 5.74) is 5.98. The molecule has 0 unspecified atom stereocenters. The van der Waals surface area contributed by atoms with Gasteiger partial charge in [0.1, 0.15) is 6.33 Å². The molecule has 0 saturated carbocycles. The fourth-order valence-electron chi connectivity index (χ4n) is 1.43. The number of rotatable bonds is 3. The number of nitrogens with two attached hydrogens (primary N) is 1. The second-order valence-electron chi connectivity index (χ2n) is 4.15. The molecule has 0 aliphatic carbocycles. The molecule has 2 aromatic heterocycles. The Morgan fingerprint density at radius 2 is 1.42 bits per heavy atom. The van der Waals surface area contributed by atoms with Gasteiger partial charge in [-0.3, -0.25) is 0 Å². The van der Waals surface area contributed by atoms with Crippen LogP contribution in [0.3, 0.4) is 0 Å². The molecule has 10 heteroatoms. The summed E-state index contributed by atoms with van der Waals surface area (Å²) in [5.74, 6) is 0.0318. The summed E-state index contributed by atoms with van der Waals surface area (Å²) in [4.78, 5) is 15.0. The second kappa shape index (κ2) is 9.93. The van der Waals surface area contributed by atoms with E-state index in [9.17, 15) is 8.42 Å². The molecule has 3 rings (SSSR count). The van der Waals surface area contributed by atoms with E-state index in [2.05, 4.69) is 24.7 Å². The van der Waals surface area contributed by atoms with Crippen molar-refractivity contribution in [1.82, 2.24) is 19.9 Å². The number of hydrogen-bond acceptors (Lipinski definition) is 7. The predicted octanol–water partition coefficient (Wildman–Crippen LogP) is 0.688. The normalized spacial score (nSPS) is 9.83. The van der Waals surface area contributed by atoms with E-state index >= 15 is 0 Å². The quantitative estimate of drug-likeness (QED) is 0.524. The van der Waals surface area contributed by atoms with E-state index in [1.54, 1.807) is 24.5 Å². The maximum absolute atomic E-state index is 11.9. The molecular formula is C14H15N6NaO2S. The maximum atomic E-state index is 11.9. The Balaban J connectivity index is 0.000000349. The summed E-state index contributed by atoms with van der Waals surface area (Å²) in [5, 5.41) is 0. The summed E-state index contributed by atoms with van der Waals surface area (Å²) in [7, 11) is -3.66. The zero-order valence-corrected chi connectivity index (χ0v) is 12.8. The minimum Gasteiger partial charge on any atom is -0.245 e. The number of nitrogen functional groups attached to an aromatic ring is 1. The second-order valence-corrected chi connectivity index (χ2v) is 5.83. The Bertz CT molecular complexity index is 790. The van der Waals surface area contributed by atoms with Crippen LogP contribution in [-0.4, -0.2) is 57.9 Å². The van der Waals surface area contributed by atoms with E-state index in [0.717, 1.165) is 0 Å². The predicted molar refractivity (Wildman–Crippen MR) is 92.9 cm³/mol. The van der Waals surface area contributed by atoms with E-state index in [1.807, 2.05) is 0 Å². The molecule has 0 saturated heterocycles. The molecular weight excluding hydrogens is 339 g/mol. The van der Waals surface area contributed by atoms with Crippen molar-refractivity contribution in [1.29, 1.82) is 0 Å². The van der Waals surface area contributed by atoms with Crippen LogP contribution >= 0.6 is 0 Å². The first-order chi connectivity index (χ1) is 11.1. The van der Waals surface area contributed by atoms with Crippen molar-refractivity contribution in [3.8, 4) is 0 Å². The third-order valence-corrected chi connectivity index (χ3v) is 3.80. The van der Waals surface area contributed by atoms with Crippen LogP contribution in [0.2, 0.25) is 0 Å². The van der Waals surface area contributed by atoms with Crippen molar-refractivity contribution in [3.63, 3.8) is 0 Å². The molecule has 3 N–H and O–H groups in total. The zero-order valence-electron chi connectivity index (χ0n) is 11.9. The van der Waals surface area contributed by atoms with Crippen molar-refractivity contribution < 1.29 is 8.42 Å². The Hall–Kier alpha value is -2.07. The third-order valence-electron chi connectivity index (χ3n) is 2.46. The number of anilines is 2. The number of hydrogen-bond donors (Lipinski definition) is 2. The maximum Gasteiger partial charge on any atom is 0.115 e. The van der Waals surface area contributed by atoms with Crippen molar-refractivity contribution in [2.45, 2.75) is 4.90 Å². The largest absolute Gasteiger partial charge is 0.245 e. The minimum atomic E-state index is -3.66. The Labute approximate surface area is 161 Å². The topological polar surface area (TPSA) is 124 Å². The average molecular weight is 354 g/mol. The van der Waals surface area contributed by atoms with Crippen LogP contribution in [0.15, 0.2) is 72.4 Å². The molecule has 2 heterocycles. The number of nitrogens with one attached hydrogen (secondary N) is 1. The third kappa shape index (κ3) is 6.59. The van der Waals surface area contributed by atoms with E-state index in [0.29, 0.717) is 5.69 Å². The molecule has 1 aromatic carbocycles. The van der Waals surface area contributed by atoms with Crippen LogP contribution in [0.25, 0.3) is 0 Å². The monoisotopic (exact) mass is 354 g/mol. The van der Waals surface area contributed by atoms with E-state index < -0.39 is 10.0 Å². The van der Waals surface area contributed by atoms with Crippen molar-refractivity contribution in [3.05, 3.63) is 67.5 Å². The van der Waals surface area contributed by atoms with Crippen LogP contribution in [0.5, 0.6) is 0 Å². The summed E-state index contributed by atoms with van der Waals surface area (Å²) < 4.78 is 26.0. The van der Waals surface area contributed by atoms with Crippen LogP contribution < -0.4 is 10.5 Å². The SMILES string of the molecule is Nc1ccc(S(=O)(=O)Nc2ncccn2)cc1.[NaH].c1cncnc1. The first-order valence-electron chi connectivity index (χ1n) is 6.43. The summed E-state index contributed by atoms with van der Waals surface area (Å²) in [6.45, 7) is 0. The Morgan fingerprint density at radius 3 is 1.88 bits per heavy atom. The molecule has 0 aliphatic rings. The van der Waals surface area contributed by atoms with Gasteiger partial charge in [0.15, 0.2) is 0 Å². The van der Waals surface area contributed by atoms with Gasteiger partial charge in [0.2, 0.25) is 5.95 Å². The summed E-state index contributed by atoms with van der Waals surface area (Å²) in [6.07, 6.45) is 7.78. The minimum absolute atomic E-state index is 0. The molecule has 0 bridgehead atoms. The number of nitrogens with zero attached hydrogens (tertiary/aromatic N) is 4. The van der Waals surface area contributed by atoms with Crippen molar-refractivity contribution in [2.75, 3.05) is 10.5 Å². The van der Waals surface area contributed by atoms with Gasteiger partial charge in [-0.05, 0) is 36.4 Å². The van der Waals surface area contributed by atoms with Crippen LogP contribution in [0.4, 0.5) is 11.6 Å².